The fraction of sp³-hybridized carbons (Fsp3) is 0.467. The Hall–Kier alpha value is -1.26. The molecule has 0 aliphatic rings. The number of rotatable bonds is 7. The van der Waals surface area contributed by atoms with Crippen molar-refractivity contribution < 1.29 is 9.53 Å². The average molecular weight is 277 g/mol. The van der Waals surface area contributed by atoms with Gasteiger partial charge in [-0.05, 0) is 25.5 Å². The molecule has 0 aliphatic heterocycles. The number of ketones is 1. The monoisotopic (exact) mass is 277 g/mol. The van der Waals surface area contributed by atoms with Gasteiger partial charge in [0.15, 0.2) is 5.78 Å². The number of aromatic nitrogens is 1. The highest BCUT2D eigenvalue weighted by Gasteiger charge is 2.19. The van der Waals surface area contributed by atoms with E-state index in [1.54, 1.807) is 11.3 Å². The van der Waals surface area contributed by atoms with E-state index in [1.807, 2.05) is 31.2 Å². The number of fused-ring (bicyclic) bond motifs is 1. The second-order valence-electron chi connectivity index (χ2n) is 4.45. The SMILES string of the molecule is CCCC(OCC)C(=O)Cc1nc2ccccc2s1. The van der Waals surface area contributed by atoms with Crippen LogP contribution in [0.15, 0.2) is 24.3 Å². The summed E-state index contributed by atoms with van der Waals surface area (Å²) < 4.78 is 6.65. The zero-order chi connectivity index (χ0) is 13.7. The van der Waals surface area contributed by atoms with Crippen LogP contribution in [0.5, 0.6) is 0 Å². The lowest BCUT2D eigenvalue weighted by atomic mass is 10.1. The van der Waals surface area contributed by atoms with Crippen molar-refractivity contribution in [3.8, 4) is 0 Å². The van der Waals surface area contributed by atoms with Crippen LogP contribution in [0.2, 0.25) is 0 Å². The van der Waals surface area contributed by atoms with Gasteiger partial charge in [0.25, 0.3) is 0 Å². The molecule has 0 bridgehead atoms. The first-order valence-corrected chi connectivity index (χ1v) is 7.55. The Bertz CT molecular complexity index is 511. The maximum atomic E-state index is 12.2. The first-order chi connectivity index (χ1) is 9.24. The van der Waals surface area contributed by atoms with Crippen LogP contribution in [-0.2, 0) is 16.0 Å². The Morgan fingerprint density at radius 1 is 1.37 bits per heavy atom. The highest BCUT2D eigenvalue weighted by Crippen LogP contribution is 2.22. The van der Waals surface area contributed by atoms with Crippen molar-refractivity contribution in [2.24, 2.45) is 0 Å². The van der Waals surface area contributed by atoms with Crippen molar-refractivity contribution in [2.45, 2.75) is 39.2 Å². The number of para-hydroxylation sites is 1. The average Bonchev–Trinajstić information content (AvgIpc) is 2.80. The Kier molecular flexibility index (Phi) is 5.05. The zero-order valence-electron chi connectivity index (χ0n) is 11.4. The van der Waals surface area contributed by atoms with Gasteiger partial charge in [-0.1, -0.05) is 25.5 Å². The fourth-order valence-corrected chi connectivity index (χ4v) is 3.04. The van der Waals surface area contributed by atoms with Crippen molar-refractivity contribution in [3.05, 3.63) is 29.3 Å². The summed E-state index contributed by atoms with van der Waals surface area (Å²) in [5, 5.41) is 0.881. The molecule has 102 valence electrons. The van der Waals surface area contributed by atoms with Gasteiger partial charge in [0.1, 0.15) is 11.1 Å². The van der Waals surface area contributed by atoms with Crippen molar-refractivity contribution in [1.29, 1.82) is 0 Å². The number of benzene rings is 1. The minimum absolute atomic E-state index is 0.141. The molecule has 0 spiro atoms. The highest BCUT2D eigenvalue weighted by atomic mass is 32.1. The zero-order valence-corrected chi connectivity index (χ0v) is 12.2. The van der Waals surface area contributed by atoms with Crippen molar-refractivity contribution >= 4 is 27.3 Å². The molecule has 19 heavy (non-hydrogen) atoms. The van der Waals surface area contributed by atoms with E-state index in [2.05, 4.69) is 11.9 Å². The summed E-state index contributed by atoms with van der Waals surface area (Å²) in [4.78, 5) is 16.7. The molecule has 1 aromatic heterocycles. The van der Waals surface area contributed by atoms with Gasteiger partial charge in [0.2, 0.25) is 0 Å². The smallest absolute Gasteiger partial charge is 0.168 e. The van der Waals surface area contributed by atoms with Crippen molar-refractivity contribution in [3.63, 3.8) is 0 Å². The summed E-state index contributed by atoms with van der Waals surface area (Å²) >= 11 is 1.59. The Morgan fingerprint density at radius 3 is 2.84 bits per heavy atom. The number of hydrogen-bond acceptors (Lipinski definition) is 4. The molecule has 0 radical (unpaired) electrons. The number of carbonyl (C=O) groups is 1. The second kappa shape index (κ2) is 6.78. The molecular formula is C15H19NO2S. The molecule has 2 aromatic rings. The molecule has 1 atom stereocenters. The van der Waals surface area contributed by atoms with Crippen molar-refractivity contribution in [1.82, 2.24) is 4.98 Å². The van der Waals surface area contributed by atoms with Crippen LogP contribution >= 0.6 is 11.3 Å². The predicted octanol–water partition coefficient (Wildman–Crippen LogP) is 3.61. The van der Waals surface area contributed by atoms with Crippen LogP contribution in [0, 0.1) is 0 Å². The van der Waals surface area contributed by atoms with Crippen LogP contribution in [0.25, 0.3) is 10.2 Å². The summed E-state index contributed by atoms with van der Waals surface area (Å²) in [5.74, 6) is 0.141. The Morgan fingerprint density at radius 2 is 2.16 bits per heavy atom. The van der Waals surface area contributed by atoms with E-state index in [0.29, 0.717) is 13.0 Å². The molecule has 0 aliphatic carbocycles. The highest BCUT2D eigenvalue weighted by molar-refractivity contribution is 7.18. The van der Waals surface area contributed by atoms with E-state index >= 15 is 0 Å². The van der Waals surface area contributed by atoms with E-state index in [-0.39, 0.29) is 11.9 Å². The molecule has 1 unspecified atom stereocenters. The first-order valence-electron chi connectivity index (χ1n) is 6.73. The van der Waals surface area contributed by atoms with Crippen molar-refractivity contribution in [2.75, 3.05) is 6.61 Å². The number of ether oxygens (including phenoxy) is 1. The summed E-state index contributed by atoms with van der Waals surface area (Å²) in [6.07, 6.45) is 1.85. The van der Waals surface area contributed by atoms with Gasteiger partial charge in [-0.3, -0.25) is 4.79 Å². The van der Waals surface area contributed by atoms with Crippen LogP contribution in [0.4, 0.5) is 0 Å². The van der Waals surface area contributed by atoms with E-state index in [0.717, 1.165) is 28.1 Å². The lowest BCUT2D eigenvalue weighted by Gasteiger charge is -2.13. The van der Waals surface area contributed by atoms with Gasteiger partial charge in [-0.15, -0.1) is 11.3 Å². The molecule has 4 heteroatoms. The van der Waals surface area contributed by atoms with E-state index in [4.69, 9.17) is 4.74 Å². The molecule has 1 heterocycles. The number of Topliss-reactive ketones (excluding diaryl/α,β-unsaturated/α-hetero) is 1. The molecule has 0 amide bonds. The normalized spacial score (nSPS) is 12.7. The van der Waals surface area contributed by atoms with Crippen LogP contribution in [0.1, 0.15) is 31.7 Å². The molecule has 0 fully saturated rings. The number of thiazole rings is 1. The largest absolute Gasteiger partial charge is 0.371 e. The van der Waals surface area contributed by atoms with Gasteiger partial charge in [-0.2, -0.15) is 0 Å². The molecule has 1 aromatic carbocycles. The van der Waals surface area contributed by atoms with Crippen LogP contribution < -0.4 is 0 Å². The second-order valence-corrected chi connectivity index (χ2v) is 5.57. The summed E-state index contributed by atoms with van der Waals surface area (Å²) in [6, 6.07) is 7.97. The molecule has 0 saturated heterocycles. The maximum absolute atomic E-state index is 12.2. The third-order valence-corrected chi connectivity index (χ3v) is 3.98. The summed E-state index contributed by atoms with van der Waals surface area (Å²) in [7, 11) is 0. The minimum Gasteiger partial charge on any atom is -0.371 e. The van der Waals surface area contributed by atoms with Gasteiger partial charge >= 0.3 is 0 Å². The number of carbonyl (C=O) groups excluding carboxylic acids is 1. The Labute approximate surface area is 117 Å². The Balaban J connectivity index is 2.08. The topological polar surface area (TPSA) is 39.2 Å². The minimum atomic E-state index is -0.276. The van der Waals surface area contributed by atoms with E-state index in [9.17, 15) is 4.79 Å². The number of nitrogens with zero attached hydrogens (tertiary/aromatic N) is 1. The van der Waals surface area contributed by atoms with Gasteiger partial charge in [0.05, 0.1) is 16.6 Å². The maximum Gasteiger partial charge on any atom is 0.168 e. The van der Waals surface area contributed by atoms with E-state index < -0.39 is 0 Å². The lowest BCUT2D eigenvalue weighted by molar-refractivity contribution is -0.130. The lowest BCUT2D eigenvalue weighted by Crippen LogP contribution is -2.25. The molecule has 0 saturated carbocycles. The quantitative estimate of drug-likeness (QED) is 0.776. The molecule has 0 N–H and O–H groups in total. The third-order valence-electron chi connectivity index (χ3n) is 2.94. The van der Waals surface area contributed by atoms with Crippen LogP contribution in [0.3, 0.4) is 0 Å². The number of hydrogen-bond donors (Lipinski definition) is 0. The van der Waals surface area contributed by atoms with E-state index in [1.165, 1.54) is 0 Å². The first kappa shape index (κ1) is 14.2. The predicted molar refractivity (Wildman–Crippen MR) is 78.7 cm³/mol. The molecular weight excluding hydrogens is 258 g/mol. The van der Waals surface area contributed by atoms with Gasteiger partial charge < -0.3 is 4.74 Å². The fourth-order valence-electron chi connectivity index (χ4n) is 2.06. The summed E-state index contributed by atoms with van der Waals surface area (Å²) in [5.41, 5.74) is 0.971. The standard InChI is InChI=1S/C15H19NO2S/c1-3-7-13(18-4-2)12(17)10-15-16-11-8-5-6-9-14(11)19-15/h5-6,8-9,13H,3-4,7,10H2,1-2H3. The summed E-state index contributed by atoms with van der Waals surface area (Å²) in [6.45, 7) is 4.57. The third kappa shape index (κ3) is 3.61. The molecule has 3 nitrogen and oxygen atoms in total. The van der Waals surface area contributed by atoms with Gasteiger partial charge in [0, 0.05) is 6.61 Å². The molecule has 2 rings (SSSR count). The van der Waals surface area contributed by atoms with Gasteiger partial charge in [-0.25, -0.2) is 4.98 Å². The van der Waals surface area contributed by atoms with Crippen LogP contribution in [-0.4, -0.2) is 23.5 Å².